The van der Waals surface area contributed by atoms with Gasteiger partial charge in [0.05, 0.1) is 5.69 Å². The number of benzene rings is 2. The maximum Gasteiger partial charge on any atom is 0.133 e. The Bertz CT molecular complexity index is 955. The van der Waals surface area contributed by atoms with Gasteiger partial charge in [-0.15, -0.1) is 0 Å². The molecule has 0 saturated heterocycles. The quantitative estimate of drug-likeness (QED) is 0.624. The summed E-state index contributed by atoms with van der Waals surface area (Å²) in [5, 5.41) is 0. The summed E-state index contributed by atoms with van der Waals surface area (Å²) in [6.45, 7) is 12.8. The molecule has 0 atom stereocenters. The predicted molar refractivity (Wildman–Crippen MR) is 109 cm³/mol. The van der Waals surface area contributed by atoms with Crippen molar-refractivity contribution in [2.75, 3.05) is 0 Å². The molecule has 2 heteroatoms. The van der Waals surface area contributed by atoms with Crippen LogP contribution in [0.25, 0.3) is 0 Å². The third-order valence-corrected chi connectivity index (χ3v) is 5.25. The van der Waals surface area contributed by atoms with Crippen LogP contribution in [0.3, 0.4) is 0 Å². The second kappa shape index (κ2) is 7.41. The first-order chi connectivity index (χ1) is 12.3. The maximum absolute atomic E-state index is 4.95. The molecule has 2 nitrogen and oxygen atoms in total. The fraction of sp³-hybridized carbons (Fsp3) is 0.333. The minimum absolute atomic E-state index is 0.786. The highest BCUT2D eigenvalue weighted by molar-refractivity contribution is 5.37. The molecule has 1 heterocycles. The van der Waals surface area contributed by atoms with Gasteiger partial charge in [0, 0.05) is 18.5 Å². The molecule has 26 heavy (non-hydrogen) atoms. The zero-order chi connectivity index (χ0) is 18.8. The minimum atomic E-state index is 0.786. The highest BCUT2D eigenvalue weighted by atomic mass is 14.9. The van der Waals surface area contributed by atoms with Crippen LogP contribution in [0.4, 0.5) is 0 Å². The van der Waals surface area contributed by atoms with Gasteiger partial charge < -0.3 is 0 Å². The van der Waals surface area contributed by atoms with Crippen molar-refractivity contribution in [2.45, 2.75) is 54.4 Å². The molecule has 0 spiro atoms. The lowest BCUT2D eigenvalue weighted by molar-refractivity contribution is 0.871. The Hall–Kier alpha value is -2.48. The fourth-order valence-corrected chi connectivity index (χ4v) is 3.33. The Labute approximate surface area is 157 Å². The molecular weight excluding hydrogens is 316 g/mol. The Morgan fingerprint density at radius 3 is 1.77 bits per heavy atom. The van der Waals surface area contributed by atoms with Gasteiger partial charge in [0.1, 0.15) is 5.82 Å². The first kappa shape index (κ1) is 18.3. The van der Waals surface area contributed by atoms with Gasteiger partial charge in [-0.3, -0.25) is 0 Å². The molecular formula is C24H28N2. The summed E-state index contributed by atoms with van der Waals surface area (Å²) in [7, 11) is 0. The van der Waals surface area contributed by atoms with Gasteiger partial charge in [-0.2, -0.15) is 0 Å². The van der Waals surface area contributed by atoms with Gasteiger partial charge in [-0.05, 0) is 69.4 Å². The maximum atomic E-state index is 4.95. The van der Waals surface area contributed by atoms with Crippen LogP contribution < -0.4 is 0 Å². The molecule has 0 N–H and O–H groups in total. The van der Waals surface area contributed by atoms with Crippen LogP contribution in [-0.4, -0.2) is 9.97 Å². The van der Waals surface area contributed by atoms with Gasteiger partial charge in [-0.1, -0.05) is 47.5 Å². The second-order valence-corrected chi connectivity index (χ2v) is 7.51. The van der Waals surface area contributed by atoms with E-state index in [1.807, 2.05) is 0 Å². The molecule has 3 rings (SSSR count). The molecule has 0 aliphatic carbocycles. The smallest absolute Gasteiger partial charge is 0.133 e. The average molecular weight is 345 g/mol. The highest BCUT2D eigenvalue weighted by Crippen LogP contribution is 2.20. The third kappa shape index (κ3) is 4.01. The van der Waals surface area contributed by atoms with E-state index in [0.717, 1.165) is 30.1 Å². The van der Waals surface area contributed by atoms with Crippen LogP contribution in [0.1, 0.15) is 56.2 Å². The SMILES string of the molecule is Cc1ccc(C)c(Cc2nc(C)c(C)c(Cc3cc(C)ccc3C)n2)c1. The number of hydrogen-bond donors (Lipinski definition) is 0. The van der Waals surface area contributed by atoms with E-state index < -0.39 is 0 Å². The molecule has 0 radical (unpaired) electrons. The van der Waals surface area contributed by atoms with Crippen molar-refractivity contribution in [1.82, 2.24) is 9.97 Å². The summed E-state index contributed by atoms with van der Waals surface area (Å²) in [5.74, 6) is 0.919. The number of hydrogen-bond acceptors (Lipinski definition) is 2. The van der Waals surface area contributed by atoms with Gasteiger partial charge in [-0.25, -0.2) is 9.97 Å². The predicted octanol–water partition coefficient (Wildman–Crippen LogP) is 5.51. The van der Waals surface area contributed by atoms with E-state index in [4.69, 9.17) is 9.97 Å². The van der Waals surface area contributed by atoms with Crippen LogP contribution in [0.2, 0.25) is 0 Å². The molecule has 0 aliphatic heterocycles. The second-order valence-electron chi connectivity index (χ2n) is 7.51. The molecule has 3 aromatic rings. The van der Waals surface area contributed by atoms with Gasteiger partial charge in [0.2, 0.25) is 0 Å². The van der Waals surface area contributed by atoms with Crippen LogP contribution in [-0.2, 0) is 12.8 Å². The molecule has 0 unspecified atom stereocenters. The Kier molecular flexibility index (Phi) is 5.22. The molecule has 0 bridgehead atoms. The Morgan fingerprint density at radius 2 is 1.19 bits per heavy atom. The van der Waals surface area contributed by atoms with Gasteiger partial charge in [0.25, 0.3) is 0 Å². The van der Waals surface area contributed by atoms with Crippen molar-refractivity contribution in [2.24, 2.45) is 0 Å². The summed E-state index contributed by atoms with van der Waals surface area (Å²) in [6, 6.07) is 13.2. The average Bonchev–Trinajstić information content (AvgIpc) is 2.59. The van der Waals surface area contributed by atoms with E-state index in [1.165, 1.54) is 38.9 Å². The highest BCUT2D eigenvalue weighted by Gasteiger charge is 2.12. The molecule has 134 valence electrons. The van der Waals surface area contributed by atoms with Crippen LogP contribution in [0.15, 0.2) is 36.4 Å². The molecule has 0 fully saturated rings. The molecule has 0 amide bonds. The van der Waals surface area contributed by atoms with Gasteiger partial charge in [0.15, 0.2) is 0 Å². The lowest BCUT2D eigenvalue weighted by atomic mass is 9.98. The van der Waals surface area contributed by atoms with Crippen molar-refractivity contribution in [3.8, 4) is 0 Å². The molecule has 0 saturated carbocycles. The fourth-order valence-electron chi connectivity index (χ4n) is 3.33. The van der Waals surface area contributed by atoms with E-state index in [-0.39, 0.29) is 0 Å². The van der Waals surface area contributed by atoms with Crippen molar-refractivity contribution in [3.63, 3.8) is 0 Å². The minimum Gasteiger partial charge on any atom is -0.238 e. The summed E-state index contributed by atoms with van der Waals surface area (Å²) >= 11 is 0. The summed E-state index contributed by atoms with van der Waals surface area (Å²) in [5.41, 5.74) is 11.3. The zero-order valence-electron chi connectivity index (χ0n) is 16.8. The van der Waals surface area contributed by atoms with Crippen molar-refractivity contribution >= 4 is 0 Å². The number of aromatic nitrogens is 2. The molecule has 1 aromatic heterocycles. The van der Waals surface area contributed by atoms with Crippen molar-refractivity contribution in [1.29, 1.82) is 0 Å². The third-order valence-electron chi connectivity index (χ3n) is 5.25. The summed E-state index contributed by atoms with van der Waals surface area (Å²) < 4.78 is 0. The standard InChI is InChI=1S/C24H28N2/c1-15-7-9-17(3)21(11-15)13-23-19(5)20(6)25-24(26-23)14-22-12-16(2)8-10-18(22)4/h7-12H,13-14H2,1-6H3. The monoisotopic (exact) mass is 344 g/mol. The zero-order valence-corrected chi connectivity index (χ0v) is 16.8. The Morgan fingerprint density at radius 1 is 0.654 bits per heavy atom. The van der Waals surface area contributed by atoms with Crippen LogP contribution in [0, 0.1) is 41.5 Å². The van der Waals surface area contributed by atoms with Crippen molar-refractivity contribution < 1.29 is 0 Å². The van der Waals surface area contributed by atoms with E-state index in [0.29, 0.717) is 0 Å². The van der Waals surface area contributed by atoms with E-state index in [1.54, 1.807) is 0 Å². The Balaban J connectivity index is 1.97. The first-order valence-corrected chi connectivity index (χ1v) is 9.28. The first-order valence-electron chi connectivity index (χ1n) is 9.28. The summed E-state index contributed by atoms with van der Waals surface area (Å²) in [4.78, 5) is 9.72. The van der Waals surface area contributed by atoms with E-state index in [2.05, 4.69) is 77.9 Å². The lowest BCUT2D eigenvalue weighted by Gasteiger charge is -2.13. The molecule has 2 aromatic carbocycles. The largest absolute Gasteiger partial charge is 0.238 e. The lowest BCUT2D eigenvalue weighted by Crippen LogP contribution is -2.08. The van der Waals surface area contributed by atoms with Crippen LogP contribution >= 0.6 is 0 Å². The van der Waals surface area contributed by atoms with Crippen molar-refractivity contribution in [3.05, 3.63) is 92.6 Å². The van der Waals surface area contributed by atoms with Gasteiger partial charge >= 0.3 is 0 Å². The van der Waals surface area contributed by atoms with Crippen LogP contribution in [0.5, 0.6) is 0 Å². The number of aryl methyl sites for hydroxylation is 5. The topological polar surface area (TPSA) is 25.8 Å². The van der Waals surface area contributed by atoms with E-state index in [9.17, 15) is 0 Å². The normalized spacial score (nSPS) is 11.0. The van der Waals surface area contributed by atoms with E-state index >= 15 is 0 Å². The number of nitrogens with zero attached hydrogens (tertiary/aromatic N) is 2. The summed E-state index contributed by atoms with van der Waals surface area (Å²) in [6.07, 6.45) is 1.65. The number of rotatable bonds is 4. The molecule has 0 aliphatic rings.